The third-order valence-corrected chi connectivity index (χ3v) is 5.15. The Kier molecular flexibility index (Phi) is 7.42. The monoisotopic (exact) mass is 467 g/mol. The zero-order chi connectivity index (χ0) is 22.4. The van der Waals surface area contributed by atoms with Gasteiger partial charge in [-0.1, -0.05) is 24.6 Å². The lowest BCUT2D eigenvalue weighted by molar-refractivity contribution is 0.0693. The van der Waals surface area contributed by atoms with Crippen molar-refractivity contribution < 1.29 is 23.8 Å². The van der Waals surface area contributed by atoms with Crippen molar-refractivity contribution in [1.82, 2.24) is 19.2 Å². The van der Waals surface area contributed by atoms with E-state index < -0.39 is 17.8 Å². The van der Waals surface area contributed by atoms with E-state index in [1.165, 1.54) is 12.1 Å². The third kappa shape index (κ3) is 6.15. The first-order chi connectivity index (χ1) is 14.8. The fourth-order valence-corrected chi connectivity index (χ4v) is 3.55. The highest BCUT2D eigenvalue weighted by molar-refractivity contribution is 7.11. The molecule has 0 aliphatic rings. The van der Waals surface area contributed by atoms with Crippen molar-refractivity contribution in [2.75, 3.05) is 11.9 Å². The average Bonchev–Trinajstić information content (AvgIpc) is 3.35. The molecule has 31 heavy (non-hydrogen) atoms. The number of nitrogens with one attached hydrogen (secondary N) is 2. The number of ether oxygens (including phenoxy) is 1. The number of imidazole rings is 1. The molecule has 2 amide bonds. The molecule has 0 radical (unpaired) electrons. The Balaban J connectivity index is 1.59. The molecule has 1 atom stereocenters. The second-order valence-corrected chi connectivity index (χ2v) is 7.93. The zero-order valence-electron chi connectivity index (χ0n) is 16.3. The summed E-state index contributed by atoms with van der Waals surface area (Å²) in [7, 11) is 0. The van der Waals surface area contributed by atoms with E-state index in [0.29, 0.717) is 13.1 Å². The van der Waals surface area contributed by atoms with Crippen LogP contribution in [0.5, 0.6) is 5.88 Å². The summed E-state index contributed by atoms with van der Waals surface area (Å²) in [6.45, 7) is 2.74. The lowest BCUT2D eigenvalue weighted by Crippen LogP contribution is -2.33. The van der Waals surface area contributed by atoms with Crippen molar-refractivity contribution >= 4 is 40.1 Å². The molecule has 0 aliphatic heterocycles. The van der Waals surface area contributed by atoms with E-state index in [9.17, 15) is 19.1 Å². The van der Waals surface area contributed by atoms with Crippen molar-refractivity contribution in [2.45, 2.75) is 20.1 Å². The van der Waals surface area contributed by atoms with E-state index in [4.69, 9.17) is 16.3 Å². The predicted octanol–water partition coefficient (Wildman–Crippen LogP) is 3.87. The molecular weight excluding hydrogens is 449 g/mol. The van der Waals surface area contributed by atoms with Crippen LogP contribution in [0.2, 0.25) is 5.02 Å². The van der Waals surface area contributed by atoms with Gasteiger partial charge in [0.25, 0.3) is 0 Å². The van der Waals surface area contributed by atoms with Gasteiger partial charge in [0.05, 0.1) is 6.33 Å². The molecule has 1 unspecified atom stereocenters. The van der Waals surface area contributed by atoms with Gasteiger partial charge in [0.15, 0.2) is 5.56 Å². The normalized spacial score (nSPS) is 11.7. The molecule has 0 spiro atoms. The van der Waals surface area contributed by atoms with Crippen molar-refractivity contribution in [3.63, 3.8) is 0 Å². The summed E-state index contributed by atoms with van der Waals surface area (Å²) in [5.74, 6) is -2.00. The van der Waals surface area contributed by atoms with Gasteiger partial charge in [-0.3, -0.25) is 5.32 Å². The van der Waals surface area contributed by atoms with Crippen molar-refractivity contribution in [2.24, 2.45) is 5.92 Å². The highest BCUT2D eigenvalue weighted by Crippen LogP contribution is 2.31. The Bertz CT molecular complexity index is 1060. The number of carbonyl (C=O) groups excluding carboxylic acids is 1. The van der Waals surface area contributed by atoms with Crippen LogP contribution in [0.25, 0.3) is 0 Å². The molecule has 0 aliphatic carbocycles. The minimum atomic E-state index is -1.33. The Morgan fingerprint density at radius 1 is 1.42 bits per heavy atom. The number of rotatable bonds is 9. The van der Waals surface area contributed by atoms with Crippen molar-refractivity contribution in [3.8, 4) is 5.88 Å². The van der Waals surface area contributed by atoms with E-state index in [0.717, 1.165) is 17.6 Å². The molecule has 164 valence electrons. The quantitative estimate of drug-likeness (QED) is 0.439. The fraction of sp³-hybridized carbons (Fsp3) is 0.263. The highest BCUT2D eigenvalue weighted by Gasteiger charge is 2.24. The standard InChI is InChI=1S/C19H19ClFN5O4S/c1-11(8-26-5-4-22-10-26)7-23-19(29)24-17-15(18(27)28)16(25-31-17)30-9-12-2-3-13(20)6-14(12)21/h2-6,10-11H,7-9H2,1H3,(H,27,28)(H2,23,24,29). The predicted molar refractivity (Wildman–Crippen MR) is 113 cm³/mol. The number of carboxylic acids is 1. The van der Waals surface area contributed by atoms with Gasteiger partial charge in [-0.25, -0.2) is 19.0 Å². The van der Waals surface area contributed by atoms with Gasteiger partial charge < -0.3 is 19.7 Å². The maximum Gasteiger partial charge on any atom is 0.344 e. The number of hydrogen-bond acceptors (Lipinski definition) is 6. The van der Waals surface area contributed by atoms with E-state index in [1.54, 1.807) is 12.5 Å². The van der Waals surface area contributed by atoms with Crippen LogP contribution in [-0.4, -0.2) is 37.6 Å². The Morgan fingerprint density at radius 3 is 2.90 bits per heavy atom. The largest absolute Gasteiger partial charge is 0.477 e. The lowest BCUT2D eigenvalue weighted by atomic mass is 10.2. The van der Waals surface area contributed by atoms with Crippen LogP contribution in [0.15, 0.2) is 36.9 Å². The summed E-state index contributed by atoms with van der Waals surface area (Å²) < 4.78 is 25.1. The summed E-state index contributed by atoms with van der Waals surface area (Å²) >= 11 is 6.47. The molecule has 0 saturated carbocycles. The number of halogens is 2. The average molecular weight is 468 g/mol. The number of benzene rings is 1. The Labute approximate surface area is 186 Å². The molecule has 1 aromatic carbocycles. The van der Waals surface area contributed by atoms with Gasteiger partial charge in [-0.2, -0.15) is 4.37 Å². The number of anilines is 1. The van der Waals surface area contributed by atoms with Crippen molar-refractivity contribution in [1.29, 1.82) is 0 Å². The number of aromatic carboxylic acids is 1. The second-order valence-electron chi connectivity index (χ2n) is 6.72. The molecule has 3 aromatic rings. The van der Waals surface area contributed by atoms with Crippen LogP contribution >= 0.6 is 23.1 Å². The van der Waals surface area contributed by atoms with E-state index in [-0.39, 0.29) is 39.6 Å². The van der Waals surface area contributed by atoms with Crippen LogP contribution in [0, 0.1) is 11.7 Å². The molecule has 2 heterocycles. The fourth-order valence-electron chi connectivity index (χ4n) is 2.67. The first-order valence-corrected chi connectivity index (χ1v) is 10.3. The summed E-state index contributed by atoms with van der Waals surface area (Å²) in [6, 6.07) is 3.49. The number of hydrogen-bond donors (Lipinski definition) is 3. The van der Waals surface area contributed by atoms with Gasteiger partial charge in [0.2, 0.25) is 5.88 Å². The summed E-state index contributed by atoms with van der Waals surface area (Å²) in [6.07, 6.45) is 5.18. The summed E-state index contributed by atoms with van der Waals surface area (Å²) in [5, 5.41) is 14.9. The second kappa shape index (κ2) is 10.2. The molecule has 3 N–H and O–H groups in total. The smallest absolute Gasteiger partial charge is 0.344 e. The molecule has 0 bridgehead atoms. The van der Waals surface area contributed by atoms with Crippen LogP contribution in [0.4, 0.5) is 14.2 Å². The van der Waals surface area contributed by atoms with E-state index >= 15 is 0 Å². The maximum atomic E-state index is 13.9. The maximum absolute atomic E-state index is 13.9. The van der Waals surface area contributed by atoms with Crippen LogP contribution in [0.3, 0.4) is 0 Å². The minimum Gasteiger partial charge on any atom is -0.477 e. The minimum absolute atomic E-state index is 0.0128. The number of urea groups is 1. The van der Waals surface area contributed by atoms with Gasteiger partial charge >= 0.3 is 12.0 Å². The topological polar surface area (TPSA) is 118 Å². The van der Waals surface area contributed by atoms with Crippen LogP contribution < -0.4 is 15.4 Å². The number of aromatic nitrogens is 3. The first kappa shape index (κ1) is 22.5. The summed E-state index contributed by atoms with van der Waals surface area (Å²) in [4.78, 5) is 27.8. The van der Waals surface area contributed by atoms with Crippen molar-refractivity contribution in [3.05, 3.63) is 58.9 Å². The third-order valence-electron chi connectivity index (χ3n) is 4.17. The Hall–Kier alpha value is -3.18. The molecule has 0 fully saturated rings. The molecule has 12 heteroatoms. The van der Waals surface area contributed by atoms with Gasteiger partial charge in [0.1, 0.15) is 17.4 Å². The van der Waals surface area contributed by atoms with Gasteiger partial charge in [0, 0.05) is 36.1 Å². The molecule has 3 rings (SSSR count). The number of carbonyl (C=O) groups is 2. The highest BCUT2D eigenvalue weighted by atomic mass is 35.5. The number of amides is 2. The van der Waals surface area contributed by atoms with Gasteiger partial charge in [-0.15, -0.1) is 0 Å². The van der Waals surface area contributed by atoms with E-state index in [2.05, 4.69) is 20.0 Å². The zero-order valence-corrected chi connectivity index (χ0v) is 17.9. The number of carboxylic acid groups (broad SMARTS) is 1. The van der Waals surface area contributed by atoms with Crippen LogP contribution in [-0.2, 0) is 13.2 Å². The summed E-state index contributed by atoms with van der Waals surface area (Å²) in [5.41, 5.74) is -0.117. The molecule has 0 saturated heterocycles. The molecule has 9 nitrogen and oxygen atoms in total. The first-order valence-electron chi connectivity index (χ1n) is 9.13. The van der Waals surface area contributed by atoms with Crippen LogP contribution in [0.1, 0.15) is 22.8 Å². The molecule has 2 aromatic heterocycles. The SMILES string of the molecule is CC(CNC(=O)Nc1snc(OCc2ccc(Cl)cc2F)c1C(=O)O)Cn1ccnc1. The van der Waals surface area contributed by atoms with Gasteiger partial charge in [-0.05, 0) is 29.6 Å². The Morgan fingerprint density at radius 2 is 2.23 bits per heavy atom. The van der Waals surface area contributed by atoms with E-state index in [1.807, 2.05) is 17.7 Å². The molecular formula is C19H19ClFN5O4S. The lowest BCUT2D eigenvalue weighted by Gasteiger charge is -2.13. The number of nitrogens with zero attached hydrogens (tertiary/aromatic N) is 3.